The number of nitrogens with two attached hydrogens (primary N) is 14. The Morgan fingerprint density at radius 3 is 0.750 bits per heavy atom. The molecule has 602 valence electrons. The molecule has 0 saturated heterocycles. The number of carboxylic acid groups (broad SMARTS) is 7. The van der Waals surface area contributed by atoms with Gasteiger partial charge in [0.15, 0.2) is 40.5 Å². The maximum absolute atomic E-state index is 12.1. The quantitative estimate of drug-likeness (QED) is 0.0188. The average molecular weight is 1720 g/mol. The second-order valence-corrected chi connectivity index (χ2v) is 23.6. The minimum atomic E-state index is -3.24. The fourth-order valence-corrected chi connectivity index (χ4v) is 8.12. The van der Waals surface area contributed by atoms with E-state index in [1.807, 2.05) is 0 Å². The molecule has 0 aliphatic carbocycles. The fourth-order valence-electron chi connectivity index (χ4n) is 6.92. The Hall–Kier alpha value is -11.1. The molecule has 7 rings (SSSR count). The van der Waals surface area contributed by atoms with E-state index < -0.39 is 186 Å². The summed E-state index contributed by atoms with van der Waals surface area (Å²) in [4.78, 5) is 158. The zero-order valence-electron chi connectivity index (χ0n) is 76.4. The summed E-state index contributed by atoms with van der Waals surface area (Å²) < 4.78 is 149. The predicted molar refractivity (Wildman–Crippen MR) is 423 cm³/mol. The zero-order chi connectivity index (χ0) is 104. The van der Waals surface area contributed by atoms with E-state index in [1.54, 1.807) is 0 Å². The lowest BCUT2D eigenvalue weighted by Gasteiger charge is -2.07. The van der Waals surface area contributed by atoms with Gasteiger partial charge in [0.1, 0.15) is 42.2 Å². The molecule has 0 heterocycles. The van der Waals surface area contributed by atoms with Crippen LogP contribution in [-0.2, 0) is 33.6 Å². The summed E-state index contributed by atoms with van der Waals surface area (Å²) in [6, 6.07) is -3.94. The number of carboxylic acids is 7. The summed E-state index contributed by atoms with van der Waals surface area (Å²) >= 11 is 39.4. The van der Waals surface area contributed by atoms with Crippen molar-refractivity contribution in [2.75, 3.05) is 40.1 Å². The van der Waals surface area contributed by atoms with E-state index >= 15 is 0 Å². The van der Waals surface area contributed by atoms with Crippen molar-refractivity contribution in [2.45, 2.75) is 86.9 Å². The molecule has 9 atom stereocenters. The molecular weight excluding hydrogens is 1620 g/mol. The summed E-state index contributed by atoms with van der Waals surface area (Å²) in [5.74, 6) is -19.7. The minimum absolute atomic E-state index is 0.00264. The van der Waals surface area contributed by atoms with Crippen LogP contribution in [0.3, 0.4) is 0 Å². The molecule has 7 aromatic rings. The van der Waals surface area contributed by atoms with E-state index in [2.05, 4.69) is 0 Å². The number of hydrogen-bond acceptors (Lipinski definition) is 28. The third kappa shape index (κ3) is 35.3. The van der Waals surface area contributed by atoms with Gasteiger partial charge in [-0.15, -0.1) is 0 Å². The van der Waals surface area contributed by atoms with E-state index in [0.717, 1.165) is 54.6 Å². The number of aliphatic carboxylic acids is 7. The Labute approximate surface area is 699 Å². The first-order valence-electron chi connectivity index (χ1n) is 39.3. The van der Waals surface area contributed by atoms with Gasteiger partial charge < -0.3 is 116 Å². The Bertz CT molecular complexity index is 5680. The Kier molecular flexibility index (Phi) is 29.4. The second-order valence-electron chi connectivity index (χ2n) is 20.7. The van der Waals surface area contributed by atoms with Crippen LogP contribution >= 0.6 is 81.2 Å². The van der Waals surface area contributed by atoms with Crippen molar-refractivity contribution >= 4 is 203 Å². The highest BCUT2D eigenvalue weighted by Crippen LogP contribution is 2.26. The van der Waals surface area contributed by atoms with Crippen LogP contribution in [0.4, 0.5) is 39.8 Å². The minimum Gasteiger partial charge on any atom is -0.480 e. The third-order valence-electron chi connectivity index (χ3n) is 12.3. The second kappa shape index (κ2) is 47.8. The van der Waals surface area contributed by atoms with Crippen LogP contribution in [0, 0.1) is 0 Å². The van der Waals surface area contributed by atoms with Gasteiger partial charge in [-0.05, 0) is 127 Å². The van der Waals surface area contributed by atoms with Gasteiger partial charge in [-0.2, -0.15) is 0 Å². The van der Waals surface area contributed by atoms with E-state index in [1.165, 1.54) is 30.3 Å². The summed E-state index contributed by atoms with van der Waals surface area (Å²) in [5.41, 5.74) is 71.6. The summed E-state index contributed by atoms with van der Waals surface area (Å²) in [6.45, 7) is 0. The van der Waals surface area contributed by atoms with Crippen molar-refractivity contribution in [3.8, 4) is 0 Å². The summed E-state index contributed by atoms with van der Waals surface area (Å²) in [7, 11) is 0. The molecule has 0 fully saturated rings. The molecular formula is C70H77Cl7N14O21. The maximum Gasteiger partial charge on any atom is 0.320 e. The number of carbonyl (C=O) groups is 14. The molecule has 0 amide bonds. The fraction of sp³-hybridized carbons (Fsp3) is 0.200. The number of Topliss-reactive ketones (excluding diaryl/α,β-unsaturated/α-hetero) is 7. The standard InChI is InChI=1S/7C10H11ClN2O3/c7*11-5-1-2-6(7(12)3-5)9(14)4-8(13)10(15)16/h7*1-3,8H,4,12-13H2,(H,15,16)/i2D,4D,8D;1D,4D2,8D;1D,4D,8D;2D,8D;2D,4D2;1D,8D;1D,4D2. The lowest BCUT2D eigenvalue weighted by molar-refractivity contribution is -0.139. The first kappa shape index (κ1) is 68.9. The van der Waals surface area contributed by atoms with Crippen molar-refractivity contribution < 1.29 is 130 Å². The molecule has 42 heteroatoms. The first-order chi connectivity index (χ1) is 59.6. The van der Waals surface area contributed by atoms with Crippen LogP contribution in [0.1, 0.15) is 145 Å². The molecule has 7 aromatic carbocycles. The largest absolute Gasteiger partial charge is 0.480 e. The number of benzene rings is 7. The molecule has 35 N–H and O–H groups in total. The van der Waals surface area contributed by atoms with Gasteiger partial charge in [0.2, 0.25) is 0 Å². The van der Waals surface area contributed by atoms with E-state index in [4.69, 9.17) is 225 Å². The lowest BCUT2D eigenvalue weighted by atomic mass is 10.0. The highest BCUT2D eigenvalue weighted by Gasteiger charge is 2.26. The van der Waals surface area contributed by atoms with Gasteiger partial charge in [0.05, 0.1) is 16.4 Å². The molecule has 35 nitrogen and oxygen atoms in total. The number of nitrogen functional groups attached to an aromatic ring is 7. The van der Waals surface area contributed by atoms with Gasteiger partial charge in [-0.3, -0.25) is 67.1 Å². The molecule has 112 heavy (non-hydrogen) atoms. The Balaban J connectivity index is 0.000000770. The highest BCUT2D eigenvalue weighted by molar-refractivity contribution is 6.33. The zero-order valence-corrected chi connectivity index (χ0v) is 61.7. The molecule has 0 aliphatic rings. The van der Waals surface area contributed by atoms with Crippen LogP contribution < -0.4 is 80.3 Å². The van der Waals surface area contributed by atoms with Crippen LogP contribution in [0.25, 0.3) is 0 Å². The van der Waals surface area contributed by atoms with Gasteiger partial charge >= 0.3 is 41.8 Å². The number of halogens is 7. The first-order valence-corrected chi connectivity index (χ1v) is 31.8. The van der Waals surface area contributed by atoms with Crippen molar-refractivity contribution in [3.05, 3.63) is 201 Å². The molecule has 0 radical (unpaired) electrons. The molecule has 9 unspecified atom stereocenters. The number of ketones is 7. The SMILES string of the molecule is [2H]c1cc(C(=O)C([2H])([2H])C(N)C(=O)O)c(N)cc1Cl.[2H]c1cc(C(=O)C([2H])([2H])C([2H])(N)C(=O)O)c(N)cc1Cl.[2H]c1cc(C(=O)C([2H])C([2H])(N)C(=O)O)c(N)cc1Cl.[2H]c1cc(C(=O)CC([2H])(N)C(=O)O)c(N)cc1Cl.[2H]c1cc(Cl)cc(N)c1C(=O)C([2H])([2H])C(N)C(=O)O.[2H]c1cc(Cl)cc(N)c1C(=O)C([2H])C([2H])(N)C(=O)O.[2H]c1cc(Cl)cc(N)c1C(=O)CC([2H])(N)C(=O)O. The highest BCUT2D eigenvalue weighted by atomic mass is 35.5. The van der Waals surface area contributed by atoms with Crippen molar-refractivity contribution in [3.63, 3.8) is 0 Å². The predicted octanol–water partition coefficient (Wildman–Crippen LogP) is 6.35. The van der Waals surface area contributed by atoms with E-state index in [-0.39, 0.29) is 139 Å². The lowest BCUT2D eigenvalue weighted by Crippen LogP contribution is -2.32. The van der Waals surface area contributed by atoms with Gasteiger partial charge in [-0.1, -0.05) is 81.2 Å². The van der Waals surface area contributed by atoms with E-state index in [0.29, 0.717) is 0 Å². The monoisotopic (exact) mass is 1710 g/mol. The Morgan fingerprint density at radius 1 is 0.277 bits per heavy atom. The normalized spacial score (nSPS) is 17.1. The van der Waals surface area contributed by atoms with Crippen LogP contribution in [0.15, 0.2) is 127 Å². The van der Waals surface area contributed by atoms with Gasteiger partial charge in [-0.25, -0.2) is 0 Å². The molecule has 0 aliphatic heterocycles. The van der Waals surface area contributed by atoms with Crippen LogP contribution in [-0.4, -0.2) is 160 Å². The number of anilines is 7. The topological polar surface area (TPSA) is 745 Å². The van der Waals surface area contributed by atoms with E-state index in [9.17, 15) is 67.1 Å². The summed E-state index contributed by atoms with van der Waals surface area (Å²) in [6.07, 6.45) is -14.7. The molecule has 0 aromatic heterocycles. The molecule has 0 spiro atoms. The smallest absolute Gasteiger partial charge is 0.320 e. The Morgan fingerprint density at radius 2 is 0.482 bits per heavy atom. The van der Waals surface area contributed by atoms with Crippen molar-refractivity contribution in [1.82, 2.24) is 0 Å². The van der Waals surface area contributed by atoms with Crippen LogP contribution in [0.2, 0.25) is 35.2 Å². The maximum atomic E-state index is 12.1. The number of carbonyl (C=O) groups excluding carboxylic acids is 7. The van der Waals surface area contributed by atoms with Crippen molar-refractivity contribution in [1.29, 1.82) is 0 Å². The molecule has 0 saturated carbocycles. The van der Waals surface area contributed by atoms with Crippen LogP contribution in [0.5, 0.6) is 0 Å². The third-order valence-corrected chi connectivity index (χ3v) is 13.8. The number of rotatable bonds is 28. The van der Waals surface area contributed by atoms with Crippen molar-refractivity contribution in [2.24, 2.45) is 40.1 Å². The van der Waals surface area contributed by atoms with Gasteiger partial charge in [0.25, 0.3) is 0 Å². The molecule has 0 bridgehead atoms. The summed E-state index contributed by atoms with van der Waals surface area (Å²) in [5, 5.41) is 61.3. The van der Waals surface area contributed by atoms with Gasteiger partial charge in [0, 0.05) is 170 Å². The average Bonchev–Trinajstić information content (AvgIpc) is 0.780. The number of hydrogen-bond donors (Lipinski definition) is 21.